The van der Waals surface area contributed by atoms with Crippen molar-refractivity contribution in [1.29, 1.82) is 0 Å². The van der Waals surface area contributed by atoms with Gasteiger partial charge in [-0.2, -0.15) is 0 Å². The maximum Gasteiger partial charge on any atom is 0.195 e. The van der Waals surface area contributed by atoms with Gasteiger partial charge >= 0.3 is 0 Å². The lowest BCUT2D eigenvalue weighted by atomic mass is 9.96. The SMILES string of the molecule is CC.CC(C)CC1(c2ccccc2)OCCO1. The molecule has 1 heterocycles. The van der Waals surface area contributed by atoms with E-state index in [1.165, 1.54) is 0 Å². The van der Waals surface area contributed by atoms with E-state index < -0.39 is 5.79 Å². The molecule has 0 saturated carbocycles. The van der Waals surface area contributed by atoms with Crippen LogP contribution in [0.15, 0.2) is 30.3 Å². The fourth-order valence-electron chi connectivity index (χ4n) is 2.09. The first-order valence-corrected chi connectivity index (χ1v) is 6.56. The summed E-state index contributed by atoms with van der Waals surface area (Å²) in [6, 6.07) is 10.2. The largest absolute Gasteiger partial charge is 0.343 e. The van der Waals surface area contributed by atoms with Gasteiger partial charge in [-0.25, -0.2) is 0 Å². The topological polar surface area (TPSA) is 18.5 Å². The van der Waals surface area contributed by atoms with Crippen LogP contribution in [0.2, 0.25) is 0 Å². The van der Waals surface area contributed by atoms with Gasteiger partial charge in [0.2, 0.25) is 0 Å². The van der Waals surface area contributed by atoms with Crippen LogP contribution in [0.5, 0.6) is 0 Å². The zero-order chi connectivity index (χ0) is 12.7. The Labute approximate surface area is 105 Å². The van der Waals surface area contributed by atoms with Gasteiger partial charge in [0.1, 0.15) is 0 Å². The standard InChI is InChI=1S/C13H18O2.C2H6/c1-11(2)10-13(14-8-9-15-13)12-6-4-3-5-7-12;1-2/h3-7,11H,8-10H2,1-2H3;1-2H3. The first-order chi connectivity index (χ1) is 8.23. The fourth-order valence-corrected chi connectivity index (χ4v) is 2.09. The van der Waals surface area contributed by atoms with Gasteiger partial charge in [0.05, 0.1) is 13.2 Å². The molecular weight excluding hydrogens is 212 g/mol. The second kappa shape index (κ2) is 6.77. The number of benzene rings is 1. The molecule has 0 amide bonds. The van der Waals surface area contributed by atoms with Gasteiger partial charge in [-0.3, -0.25) is 0 Å². The van der Waals surface area contributed by atoms with Crippen molar-refractivity contribution >= 4 is 0 Å². The van der Waals surface area contributed by atoms with Gasteiger partial charge in [-0.05, 0) is 5.92 Å². The molecule has 1 aliphatic heterocycles. The highest BCUT2D eigenvalue weighted by Crippen LogP contribution is 2.37. The Hall–Kier alpha value is -0.860. The average Bonchev–Trinajstić information content (AvgIpc) is 2.82. The van der Waals surface area contributed by atoms with E-state index in [1.807, 2.05) is 32.0 Å². The lowest BCUT2D eigenvalue weighted by Crippen LogP contribution is -2.28. The Morgan fingerprint density at radius 3 is 2.06 bits per heavy atom. The zero-order valence-electron chi connectivity index (χ0n) is 11.4. The van der Waals surface area contributed by atoms with Gasteiger partial charge < -0.3 is 9.47 Å². The maximum atomic E-state index is 5.82. The molecule has 2 rings (SSSR count). The van der Waals surface area contributed by atoms with Gasteiger partial charge in [-0.1, -0.05) is 58.0 Å². The number of rotatable bonds is 3. The normalized spacial score (nSPS) is 17.7. The molecule has 1 aliphatic rings. The van der Waals surface area contributed by atoms with Crippen molar-refractivity contribution in [3.63, 3.8) is 0 Å². The zero-order valence-corrected chi connectivity index (χ0v) is 11.4. The van der Waals surface area contributed by atoms with E-state index in [1.54, 1.807) is 0 Å². The van der Waals surface area contributed by atoms with Crippen LogP contribution in [-0.4, -0.2) is 13.2 Å². The van der Waals surface area contributed by atoms with Crippen LogP contribution in [0.3, 0.4) is 0 Å². The van der Waals surface area contributed by atoms with E-state index >= 15 is 0 Å². The Kier molecular flexibility index (Phi) is 5.66. The van der Waals surface area contributed by atoms with Crippen LogP contribution in [0.4, 0.5) is 0 Å². The Morgan fingerprint density at radius 1 is 1.06 bits per heavy atom. The smallest absolute Gasteiger partial charge is 0.195 e. The van der Waals surface area contributed by atoms with Crippen LogP contribution in [-0.2, 0) is 15.3 Å². The van der Waals surface area contributed by atoms with E-state index in [4.69, 9.17) is 9.47 Å². The highest BCUT2D eigenvalue weighted by molar-refractivity contribution is 5.21. The summed E-state index contributed by atoms with van der Waals surface area (Å²) in [5.74, 6) is 0.0680. The predicted molar refractivity (Wildman–Crippen MR) is 70.8 cm³/mol. The third kappa shape index (κ3) is 3.55. The van der Waals surface area contributed by atoms with Crippen molar-refractivity contribution in [2.24, 2.45) is 5.92 Å². The van der Waals surface area contributed by atoms with Crippen molar-refractivity contribution < 1.29 is 9.47 Å². The van der Waals surface area contributed by atoms with Crippen LogP contribution in [0, 0.1) is 5.92 Å². The van der Waals surface area contributed by atoms with Crippen molar-refractivity contribution in [2.75, 3.05) is 13.2 Å². The van der Waals surface area contributed by atoms with Crippen LogP contribution < -0.4 is 0 Å². The molecule has 0 unspecified atom stereocenters. The molecule has 0 N–H and O–H groups in total. The minimum absolute atomic E-state index is 0.491. The molecule has 0 atom stereocenters. The van der Waals surface area contributed by atoms with Crippen molar-refractivity contribution in [2.45, 2.75) is 39.9 Å². The highest BCUT2D eigenvalue weighted by Gasteiger charge is 2.38. The second-order valence-electron chi connectivity index (χ2n) is 4.41. The summed E-state index contributed by atoms with van der Waals surface area (Å²) in [4.78, 5) is 0. The summed E-state index contributed by atoms with van der Waals surface area (Å²) in [7, 11) is 0. The monoisotopic (exact) mass is 236 g/mol. The van der Waals surface area contributed by atoms with Crippen LogP contribution in [0.1, 0.15) is 39.7 Å². The molecule has 1 aromatic carbocycles. The summed E-state index contributed by atoms with van der Waals surface area (Å²) in [6.07, 6.45) is 0.914. The van der Waals surface area contributed by atoms with Crippen molar-refractivity contribution in [3.8, 4) is 0 Å². The van der Waals surface area contributed by atoms with Gasteiger partial charge in [0.15, 0.2) is 5.79 Å². The molecule has 2 nitrogen and oxygen atoms in total. The molecule has 0 aliphatic carbocycles. The van der Waals surface area contributed by atoms with E-state index in [9.17, 15) is 0 Å². The summed E-state index contributed by atoms with van der Waals surface area (Å²) in [5.41, 5.74) is 1.14. The second-order valence-corrected chi connectivity index (χ2v) is 4.41. The molecule has 0 radical (unpaired) electrons. The van der Waals surface area contributed by atoms with Crippen molar-refractivity contribution in [3.05, 3.63) is 35.9 Å². The molecule has 1 fully saturated rings. The number of hydrogen-bond donors (Lipinski definition) is 0. The first-order valence-electron chi connectivity index (χ1n) is 6.56. The predicted octanol–water partition coefficient (Wildman–Crippen LogP) is 3.96. The molecule has 96 valence electrons. The minimum Gasteiger partial charge on any atom is -0.343 e. The molecule has 1 saturated heterocycles. The van der Waals surface area contributed by atoms with Crippen LogP contribution in [0.25, 0.3) is 0 Å². The van der Waals surface area contributed by atoms with E-state index in [2.05, 4.69) is 26.0 Å². The summed E-state index contributed by atoms with van der Waals surface area (Å²) < 4.78 is 11.6. The summed E-state index contributed by atoms with van der Waals surface area (Å²) in [6.45, 7) is 9.77. The molecule has 2 heteroatoms. The van der Waals surface area contributed by atoms with Gasteiger partial charge in [-0.15, -0.1) is 0 Å². The Balaban J connectivity index is 0.000000686. The van der Waals surface area contributed by atoms with E-state index in [0.717, 1.165) is 12.0 Å². The van der Waals surface area contributed by atoms with Gasteiger partial charge in [0.25, 0.3) is 0 Å². The fraction of sp³-hybridized carbons (Fsp3) is 0.600. The van der Waals surface area contributed by atoms with E-state index in [-0.39, 0.29) is 0 Å². The maximum absolute atomic E-state index is 5.82. The third-order valence-corrected chi connectivity index (χ3v) is 2.64. The highest BCUT2D eigenvalue weighted by atomic mass is 16.7. The Morgan fingerprint density at radius 2 is 1.59 bits per heavy atom. The lowest BCUT2D eigenvalue weighted by Gasteiger charge is -2.29. The summed E-state index contributed by atoms with van der Waals surface area (Å²) in [5, 5.41) is 0. The molecule has 1 aromatic rings. The third-order valence-electron chi connectivity index (χ3n) is 2.64. The molecule has 0 spiro atoms. The average molecular weight is 236 g/mol. The first kappa shape index (κ1) is 14.2. The van der Waals surface area contributed by atoms with Crippen LogP contribution >= 0.6 is 0 Å². The number of hydrogen-bond acceptors (Lipinski definition) is 2. The molecule has 0 bridgehead atoms. The van der Waals surface area contributed by atoms with Crippen molar-refractivity contribution in [1.82, 2.24) is 0 Å². The van der Waals surface area contributed by atoms with E-state index in [0.29, 0.717) is 19.1 Å². The molecule has 17 heavy (non-hydrogen) atoms. The van der Waals surface area contributed by atoms with Gasteiger partial charge in [0, 0.05) is 12.0 Å². The molecule has 0 aromatic heterocycles. The Bertz CT molecular complexity index is 300. The number of ether oxygens (including phenoxy) is 2. The molecular formula is C15H24O2. The lowest BCUT2D eigenvalue weighted by molar-refractivity contribution is -0.177. The summed E-state index contributed by atoms with van der Waals surface area (Å²) >= 11 is 0. The quantitative estimate of drug-likeness (QED) is 0.791. The minimum atomic E-state index is -0.491.